The number of benzene rings is 2. The zero-order valence-corrected chi connectivity index (χ0v) is 20.5. The molecule has 1 spiro atoms. The van der Waals surface area contributed by atoms with Crippen LogP contribution in [0.5, 0.6) is 5.75 Å². The van der Waals surface area contributed by atoms with Gasteiger partial charge in [-0.25, -0.2) is 0 Å². The molecule has 2 aliphatic rings. The second-order valence-corrected chi connectivity index (χ2v) is 10.7. The molecule has 3 amide bonds. The predicted molar refractivity (Wildman–Crippen MR) is 134 cm³/mol. The molecule has 2 aromatic rings. The van der Waals surface area contributed by atoms with Crippen molar-refractivity contribution in [2.24, 2.45) is 5.73 Å². The highest BCUT2D eigenvalue weighted by Crippen LogP contribution is 2.50. The third-order valence-electron chi connectivity index (χ3n) is 7.10. The highest BCUT2D eigenvalue weighted by molar-refractivity contribution is 8.01. The van der Waals surface area contributed by atoms with Crippen LogP contribution in [0.3, 0.4) is 0 Å². The summed E-state index contributed by atoms with van der Waals surface area (Å²) < 4.78 is -0.405. The Morgan fingerprint density at radius 3 is 2.49 bits per heavy atom. The van der Waals surface area contributed by atoms with Crippen molar-refractivity contribution in [2.75, 3.05) is 5.88 Å². The van der Waals surface area contributed by atoms with Gasteiger partial charge in [-0.2, -0.15) is 0 Å². The van der Waals surface area contributed by atoms with Crippen LogP contribution in [0.1, 0.15) is 47.2 Å². The molecule has 1 heterocycles. The SMILES string of the molecule is Cc1c(O)cccc1C(=O)N[C@@H](Cc1ccccc1)[C@H](O)C(=O)N1CSC2(CCCC2)[C@H]1C(N)=O. The van der Waals surface area contributed by atoms with E-state index in [1.165, 1.54) is 11.0 Å². The summed E-state index contributed by atoms with van der Waals surface area (Å²) in [7, 11) is 0. The van der Waals surface area contributed by atoms with E-state index in [2.05, 4.69) is 5.32 Å². The van der Waals surface area contributed by atoms with Crippen LogP contribution in [0.15, 0.2) is 48.5 Å². The first-order valence-electron chi connectivity index (χ1n) is 11.8. The van der Waals surface area contributed by atoms with E-state index in [-0.39, 0.29) is 23.6 Å². The number of phenols is 1. The van der Waals surface area contributed by atoms with Crippen molar-refractivity contribution in [1.29, 1.82) is 0 Å². The number of thioether (sulfide) groups is 1. The van der Waals surface area contributed by atoms with E-state index in [0.717, 1.165) is 31.2 Å². The van der Waals surface area contributed by atoms with Crippen molar-refractivity contribution in [1.82, 2.24) is 10.2 Å². The van der Waals surface area contributed by atoms with Crippen molar-refractivity contribution < 1.29 is 24.6 Å². The van der Waals surface area contributed by atoms with Crippen molar-refractivity contribution >= 4 is 29.5 Å². The Bertz CT molecular complexity index is 1100. The maximum absolute atomic E-state index is 13.5. The number of hydrogen-bond donors (Lipinski definition) is 4. The average molecular weight is 498 g/mol. The fraction of sp³-hybridized carbons (Fsp3) is 0.423. The lowest BCUT2D eigenvalue weighted by molar-refractivity contribution is -0.146. The first kappa shape index (κ1) is 25.1. The van der Waals surface area contributed by atoms with Crippen molar-refractivity contribution in [3.8, 4) is 5.75 Å². The zero-order chi connectivity index (χ0) is 25.2. The minimum absolute atomic E-state index is 0.0193. The molecule has 4 rings (SSSR count). The van der Waals surface area contributed by atoms with E-state index in [0.29, 0.717) is 5.56 Å². The number of nitrogens with one attached hydrogen (secondary N) is 1. The van der Waals surface area contributed by atoms with E-state index < -0.39 is 40.7 Å². The van der Waals surface area contributed by atoms with E-state index in [1.807, 2.05) is 30.3 Å². The van der Waals surface area contributed by atoms with Gasteiger partial charge >= 0.3 is 0 Å². The first-order chi connectivity index (χ1) is 16.7. The Hall–Kier alpha value is -3.04. The second-order valence-electron chi connectivity index (χ2n) is 9.32. The normalized spacial score (nSPS) is 20.5. The van der Waals surface area contributed by atoms with Crippen LogP contribution in [0, 0.1) is 6.92 Å². The molecule has 186 valence electrons. The third kappa shape index (κ3) is 5.01. The maximum atomic E-state index is 13.5. The summed E-state index contributed by atoms with van der Waals surface area (Å²) >= 11 is 1.55. The second kappa shape index (κ2) is 10.3. The summed E-state index contributed by atoms with van der Waals surface area (Å²) in [4.78, 5) is 40.5. The highest BCUT2D eigenvalue weighted by Gasteiger charge is 2.55. The number of aliphatic hydroxyl groups excluding tert-OH is 1. The number of carbonyl (C=O) groups is 3. The van der Waals surface area contributed by atoms with E-state index in [9.17, 15) is 24.6 Å². The predicted octanol–water partition coefficient (Wildman–Crippen LogP) is 2.10. The first-order valence-corrected chi connectivity index (χ1v) is 12.8. The lowest BCUT2D eigenvalue weighted by Gasteiger charge is -2.34. The van der Waals surface area contributed by atoms with Crippen LogP contribution in [-0.4, -0.2) is 61.6 Å². The van der Waals surface area contributed by atoms with Crippen LogP contribution >= 0.6 is 11.8 Å². The molecule has 2 fully saturated rings. The molecular formula is C26H31N3O5S. The molecule has 3 atom stereocenters. The smallest absolute Gasteiger partial charge is 0.254 e. The summed E-state index contributed by atoms with van der Waals surface area (Å²) in [5.74, 6) is -1.47. The van der Waals surface area contributed by atoms with E-state index in [4.69, 9.17) is 5.73 Å². The summed E-state index contributed by atoms with van der Waals surface area (Å²) in [5.41, 5.74) is 7.22. The molecule has 35 heavy (non-hydrogen) atoms. The Morgan fingerprint density at radius 2 is 1.83 bits per heavy atom. The van der Waals surface area contributed by atoms with E-state index >= 15 is 0 Å². The van der Waals surface area contributed by atoms with E-state index in [1.54, 1.807) is 30.8 Å². The highest BCUT2D eigenvalue weighted by atomic mass is 32.2. The van der Waals surface area contributed by atoms with Crippen LogP contribution in [0.2, 0.25) is 0 Å². The van der Waals surface area contributed by atoms with Crippen molar-refractivity contribution in [2.45, 2.75) is 62.0 Å². The van der Waals surface area contributed by atoms with Gasteiger partial charge in [0.25, 0.3) is 11.8 Å². The topological polar surface area (TPSA) is 133 Å². The quantitative estimate of drug-likeness (QED) is 0.463. The molecule has 8 nitrogen and oxygen atoms in total. The molecule has 1 saturated heterocycles. The van der Waals surface area contributed by atoms with Gasteiger partial charge in [0.05, 0.1) is 11.9 Å². The van der Waals surface area contributed by atoms with Gasteiger partial charge in [0.1, 0.15) is 11.8 Å². The van der Waals surface area contributed by atoms with Gasteiger partial charge in [0.2, 0.25) is 5.91 Å². The van der Waals surface area contributed by atoms with Gasteiger partial charge < -0.3 is 26.2 Å². The number of carbonyl (C=O) groups excluding carboxylic acids is 3. The summed E-state index contributed by atoms with van der Waals surface area (Å²) in [6.07, 6.45) is 2.15. The number of aliphatic hydroxyl groups is 1. The largest absolute Gasteiger partial charge is 0.508 e. The summed E-state index contributed by atoms with van der Waals surface area (Å²) in [5, 5.41) is 24.0. The molecule has 1 saturated carbocycles. The minimum Gasteiger partial charge on any atom is -0.508 e. The standard InChI is InChI=1S/C26H31N3O5S/c1-16-18(10-7-11-20(16)30)24(33)28-19(14-17-8-3-2-4-9-17)21(31)25(34)29-15-35-26(12-5-6-13-26)22(29)23(27)32/h2-4,7-11,19,21-22,30-31H,5-6,12-15H2,1H3,(H2,27,32)(H,28,33)/t19-,21-,22+/m0/s1. The van der Waals surface area contributed by atoms with Crippen LogP contribution in [0.25, 0.3) is 0 Å². The van der Waals surface area contributed by atoms with Gasteiger partial charge in [-0.3, -0.25) is 14.4 Å². The molecule has 5 N–H and O–H groups in total. The Labute approximate surface area is 208 Å². The van der Waals surface area contributed by atoms with Crippen LogP contribution in [-0.2, 0) is 16.0 Å². The number of nitrogens with zero attached hydrogens (tertiary/aromatic N) is 1. The molecule has 1 aliphatic heterocycles. The Balaban J connectivity index is 1.60. The number of primary amides is 1. The fourth-order valence-corrected chi connectivity index (χ4v) is 6.85. The van der Waals surface area contributed by atoms with Crippen LogP contribution < -0.4 is 11.1 Å². The number of aromatic hydroxyl groups is 1. The molecule has 9 heteroatoms. The monoisotopic (exact) mass is 497 g/mol. The molecule has 0 aromatic heterocycles. The van der Waals surface area contributed by atoms with Gasteiger partial charge in [0.15, 0.2) is 6.10 Å². The lowest BCUT2D eigenvalue weighted by atomic mass is 9.93. The molecule has 2 aromatic carbocycles. The zero-order valence-electron chi connectivity index (χ0n) is 19.6. The number of phenolic OH excluding ortho intramolecular Hbond substituents is 1. The third-order valence-corrected chi connectivity index (χ3v) is 8.72. The van der Waals surface area contributed by atoms with Crippen molar-refractivity contribution in [3.63, 3.8) is 0 Å². The number of amides is 3. The van der Waals surface area contributed by atoms with Crippen molar-refractivity contribution in [3.05, 3.63) is 65.2 Å². The fourth-order valence-electron chi connectivity index (χ4n) is 5.20. The lowest BCUT2D eigenvalue weighted by Crippen LogP contribution is -2.58. The van der Waals surface area contributed by atoms with Gasteiger partial charge in [-0.1, -0.05) is 49.2 Å². The molecule has 1 aliphatic carbocycles. The minimum atomic E-state index is -1.59. The molecule has 0 unspecified atom stereocenters. The Morgan fingerprint density at radius 1 is 1.14 bits per heavy atom. The number of hydrogen-bond acceptors (Lipinski definition) is 6. The van der Waals surface area contributed by atoms with Gasteiger partial charge in [0, 0.05) is 15.9 Å². The Kier molecular flexibility index (Phi) is 7.37. The van der Waals surface area contributed by atoms with Gasteiger partial charge in [-0.15, -0.1) is 11.8 Å². The number of rotatable bonds is 7. The number of nitrogens with two attached hydrogens (primary N) is 1. The summed E-state index contributed by atoms with van der Waals surface area (Å²) in [6.45, 7) is 1.62. The molecule has 0 bridgehead atoms. The van der Waals surface area contributed by atoms with Gasteiger partial charge in [-0.05, 0) is 43.9 Å². The maximum Gasteiger partial charge on any atom is 0.254 e. The molecule has 0 radical (unpaired) electrons. The molecular weight excluding hydrogens is 466 g/mol. The van der Waals surface area contributed by atoms with Crippen LogP contribution in [0.4, 0.5) is 0 Å². The summed E-state index contributed by atoms with van der Waals surface area (Å²) in [6, 6.07) is 12.1. The average Bonchev–Trinajstić information content (AvgIpc) is 3.47.